The summed E-state index contributed by atoms with van der Waals surface area (Å²) >= 11 is 0. The molecule has 4 heteroatoms. The molecule has 1 aliphatic rings. The smallest absolute Gasteiger partial charge is 0.248 e. The van der Waals surface area contributed by atoms with Crippen LogP contribution in [0.25, 0.3) is 5.57 Å². The molecule has 0 atom stereocenters. The van der Waals surface area contributed by atoms with Crippen molar-refractivity contribution in [2.75, 3.05) is 13.7 Å². The summed E-state index contributed by atoms with van der Waals surface area (Å²) in [7, 11) is 1.71. The Kier molecular flexibility index (Phi) is 4.81. The lowest BCUT2D eigenvalue weighted by atomic mass is 9.87. The normalized spacial score (nSPS) is 14.7. The molecule has 1 heterocycles. The van der Waals surface area contributed by atoms with Crippen molar-refractivity contribution in [1.29, 1.82) is 0 Å². The lowest BCUT2D eigenvalue weighted by Gasteiger charge is -2.22. The number of ether oxygens (including phenoxy) is 2. The predicted molar refractivity (Wildman–Crippen MR) is 90.9 cm³/mol. The minimum Gasteiger partial charge on any atom is -0.496 e. The molecule has 0 spiro atoms. The number of rotatable bonds is 5. The molecule has 3 rings (SSSR count). The molecule has 0 fully saturated rings. The molecule has 120 valence electrons. The first-order valence-electron chi connectivity index (χ1n) is 7.94. The number of allylic oxidation sites excluding steroid dienone is 1. The highest BCUT2D eigenvalue weighted by Crippen LogP contribution is 2.36. The Morgan fingerprint density at radius 1 is 1.09 bits per heavy atom. The Morgan fingerprint density at radius 3 is 2.70 bits per heavy atom. The van der Waals surface area contributed by atoms with Crippen molar-refractivity contribution in [2.45, 2.75) is 25.7 Å². The van der Waals surface area contributed by atoms with E-state index in [0.717, 1.165) is 24.2 Å². The van der Waals surface area contributed by atoms with Gasteiger partial charge in [-0.2, -0.15) is 0 Å². The third-order valence-electron chi connectivity index (χ3n) is 4.18. The van der Waals surface area contributed by atoms with Crippen LogP contribution in [0.5, 0.6) is 11.5 Å². The van der Waals surface area contributed by atoms with Crippen LogP contribution in [0.15, 0.2) is 53.0 Å². The first-order chi connectivity index (χ1) is 11.3. The fourth-order valence-corrected chi connectivity index (χ4v) is 3.00. The zero-order valence-corrected chi connectivity index (χ0v) is 13.3. The Morgan fingerprint density at radius 2 is 1.91 bits per heavy atom. The number of benzene rings is 1. The number of hydrogen-bond donors (Lipinski definition) is 1. The molecule has 0 saturated heterocycles. The predicted octanol–water partition coefficient (Wildman–Crippen LogP) is 3.79. The standard InChI is InChI=1S/C19H21NO3/c1-22-18-9-5-4-8-17(18)16-7-3-2-6-14(16)13-23-15-10-11-19(21)20-12-15/h4-5,8-12H,2-3,6-7,13H2,1H3,(H,20,21). The molecular weight excluding hydrogens is 290 g/mol. The summed E-state index contributed by atoms with van der Waals surface area (Å²) in [6, 6.07) is 11.3. The second-order valence-electron chi connectivity index (χ2n) is 5.67. The molecule has 1 aromatic heterocycles. The molecule has 1 N–H and O–H groups in total. The van der Waals surface area contributed by atoms with Crippen molar-refractivity contribution in [3.63, 3.8) is 0 Å². The summed E-state index contributed by atoms with van der Waals surface area (Å²) in [6.07, 6.45) is 6.06. The minimum atomic E-state index is -0.121. The van der Waals surface area contributed by atoms with Crippen molar-refractivity contribution in [1.82, 2.24) is 4.98 Å². The van der Waals surface area contributed by atoms with E-state index in [1.165, 1.54) is 30.1 Å². The number of aromatic nitrogens is 1. The topological polar surface area (TPSA) is 51.3 Å². The highest BCUT2D eigenvalue weighted by atomic mass is 16.5. The van der Waals surface area contributed by atoms with E-state index in [1.54, 1.807) is 19.4 Å². The molecule has 23 heavy (non-hydrogen) atoms. The Balaban J connectivity index is 1.85. The molecule has 1 aromatic carbocycles. The number of H-pyrrole nitrogens is 1. The largest absolute Gasteiger partial charge is 0.496 e. The highest BCUT2D eigenvalue weighted by molar-refractivity contribution is 5.74. The fourth-order valence-electron chi connectivity index (χ4n) is 3.00. The second kappa shape index (κ2) is 7.18. The lowest BCUT2D eigenvalue weighted by Crippen LogP contribution is -2.10. The minimum absolute atomic E-state index is 0.121. The summed E-state index contributed by atoms with van der Waals surface area (Å²) in [4.78, 5) is 13.7. The Bertz CT molecular complexity index is 741. The van der Waals surface area contributed by atoms with Crippen LogP contribution in [-0.4, -0.2) is 18.7 Å². The molecule has 1 aliphatic carbocycles. The van der Waals surface area contributed by atoms with Crippen molar-refractivity contribution >= 4 is 5.57 Å². The van der Waals surface area contributed by atoms with Gasteiger partial charge in [0.15, 0.2) is 0 Å². The van der Waals surface area contributed by atoms with Gasteiger partial charge in [-0.15, -0.1) is 0 Å². The molecule has 0 bridgehead atoms. The van der Waals surface area contributed by atoms with Gasteiger partial charge in [-0.05, 0) is 49.0 Å². The molecule has 0 amide bonds. The van der Waals surface area contributed by atoms with Gasteiger partial charge in [0.2, 0.25) is 5.56 Å². The van der Waals surface area contributed by atoms with Crippen molar-refractivity contribution in [3.8, 4) is 11.5 Å². The van der Waals surface area contributed by atoms with E-state index in [2.05, 4.69) is 11.1 Å². The van der Waals surface area contributed by atoms with Gasteiger partial charge in [-0.3, -0.25) is 4.79 Å². The van der Waals surface area contributed by atoms with E-state index in [0.29, 0.717) is 12.4 Å². The first kappa shape index (κ1) is 15.4. The van der Waals surface area contributed by atoms with Gasteiger partial charge in [0.05, 0.1) is 7.11 Å². The van der Waals surface area contributed by atoms with E-state index in [4.69, 9.17) is 9.47 Å². The van der Waals surface area contributed by atoms with Gasteiger partial charge in [-0.25, -0.2) is 0 Å². The number of hydrogen-bond acceptors (Lipinski definition) is 3. The number of aromatic amines is 1. The van der Waals surface area contributed by atoms with Crippen LogP contribution >= 0.6 is 0 Å². The summed E-state index contributed by atoms with van der Waals surface area (Å²) in [5, 5.41) is 0. The van der Waals surface area contributed by atoms with E-state index < -0.39 is 0 Å². The van der Waals surface area contributed by atoms with E-state index in [-0.39, 0.29) is 5.56 Å². The molecule has 0 radical (unpaired) electrons. The summed E-state index contributed by atoms with van der Waals surface area (Å²) < 4.78 is 11.4. The van der Waals surface area contributed by atoms with Crippen LogP contribution < -0.4 is 15.0 Å². The molecule has 0 aliphatic heterocycles. The maximum absolute atomic E-state index is 11.1. The second-order valence-corrected chi connectivity index (χ2v) is 5.67. The SMILES string of the molecule is COc1ccccc1C1=C(COc2ccc(=O)[nH]c2)CCCC1. The maximum Gasteiger partial charge on any atom is 0.248 e. The van der Waals surface area contributed by atoms with E-state index in [1.807, 2.05) is 18.2 Å². The van der Waals surface area contributed by atoms with Crippen molar-refractivity contribution in [2.24, 2.45) is 0 Å². The summed E-state index contributed by atoms with van der Waals surface area (Å²) in [5.74, 6) is 1.59. The number of nitrogens with one attached hydrogen (secondary N) is 1. The number of pyridine rings is 1. The van der Waals surface area contributed by atoms with Crippen molar-refractivity contribution < 1.29 is 9.47 Å². The van der Waals surface area contributed by atoms with Crippen LogP contribution in [0.3, 0.4) is 0 Å². The zero-order valence-electron chi connectivity index (χ0n) is 13.3. The monoisotopic (exact) mass is 311 g/mol. The third kappa shape index (κ3) is 3.65. The first-order valence-corrected chi connectivity index (χ1v) is 7.94. The van der Waals surface area contributed by atoms with Crippen LogP contribution in [-0.2, 0) is 0 Å². The van der Waals surface area contributed by atoms with Crippen LogP contribution in [0, 0.1) is 0 Å². The lowest BCUT2D eigenvalue weighted by molar-refractivity contribution is 0.343. The summed E-state index contributed by atoms with van der Waals surface area (Å²) in [6.45, 7) is 0.541. The molecule has 0 unspecified atom stereocenters. The van der Waals surface area contributed by atoms with Crippen LogP contribution in [0.4, 0.5) is 0 Å². The zero-order chi connectivity index (χ0) is 16.1. The average molecular weight is 311 g/mol. The maximum atomic E-state index is 11.1. The Labute approximate surface area is 135 Å². The third-order valence-corrected chi connectivity index (χ3v) is 4.18. The summed E-state index contributed by atoms with van der Waals surface area (Å²) in [5.41, 5.74) is 3.68. The quantitative estimate of drug-likeness (QED) is 0.914. The number of para-hydroxylation sites is 1. The molecule has 2 aromatic rings. The van der Waals surface area contributed by atoms with Gasteiger partial charge < -0.3 is 14.5 Å². The Hall–Kier alpha value is -2.49. The average Bonchev–Trinajstić information content (AvgIpc) is 2.61. The molecule has 4 nitrogen and oxygen atoms in total. The van der Waals surface area contributed by atoms with Crippen LogP contribution in [0.1, 0.15) is 31.2 Å². The van der Waals surface area contributed by atoms with Crippen molar-refractivity contribution in [3.05, 3.63) is 64.1 Å². The van der Waals surface area contributed by atoms with Gasteiger partial charge in [-0.1, -0.05) is 18.2 Å². The van der Waals surface area contributed by atoms with Gasteiger partial charge in [0.25, 0.3) is 0 Å². The highest BCUT2D eigenvalue weighted by Gasteiger charge is 2.17. The van der Waals surface area contributed by atoms with Gasteiger partial charge >= 0.3 is 0 Å². The van der Waals surface area contributed by atoms with E-state index >= 15 is 0 Å². The number of methoxy groups -OCH3 is 1. The molecular formula is C19H21NO3. The van der Waals surface area contributed by atoms with Gasteiger partial charge in [0, 0.05) is 17.8 Å². The molecule has 0 saturated carbocycles. The fraction of sp³-hybridized carbons (Fsp3) is 0.316. The van der Waals surface area contributed by atoms with Crippen LogP contribution in [0.2, 0.25) is 0 Å². The van der Waals surface area contributed by atoms with Gasteiger partial charge in [0.1, 0.15) is 18.1 Å². The van der Waals surface area contributed by atoms with E-state index in [9.17, 15) is 4.79 Å².